The summed E-state index contributed by atoms with van der Waals surface area (Å²) in [5.41, 5.74) is 0.282. The molecule has 1 aliphatic heterocycles. The van der Waals surface area contributed by atoms with Gasteiger partial charge in [0.2, 0.25) is 0 Å². The standard InChI is InChI=1S/C15H30N4/c1-5-7-17-14(13-16)6-8-18-9-11-19(12-10-18)15(2,3)4/h14,17H,5-12H2,1-4H3. The maximum Gasteiger partial charge on any atom is 0.0965 e. The van der Waals surface area contributed by atoms with E-state index in [-0.39, 0.29) is 11.6 Å². The van der Waals surface area contributed by atoms with E-state index in [4.69, 9.17) is 5.26 Å². The molecule has 0 aliphatic carbocycles. The van der Waals surface area contributed by atoms with E-state index < -0.39 is 0 Å². The average Bonchev–Trinajstić information content (AvgIpc) is 2.38. The predicted molar refractivity (Wildman–Crippen MR) is 80.1 cm³/mol. The molecular weight excluding hydrogens is 236 g/mol. The van der Waals surface area contributed by atoms with Gasteiger partial charge in [0.15, 0.2) is 0 Å². The van der Waals surface area contributed by atoms with Gasteiger partial charge < -0.3 is 10.2 Å². The first-order chi connectivity index (χ1) is 8.97. The molecule has 4 nitrogen and oxygen atoms in total. The lowest BCUT2D eigenvalue weighted by atomic mass is 10.0. The molecule has 1 atom stereocenters. The minimum Gasteiger partial charge on any atom is -0.302 e. The second-order valence-electron chi connectivity index (χ2n) is 6.42. The molecule has 0 amide bonds. The van der Waals surface area contributed by atoms with E-state index in [2.05, 4.69) is 48.9 Å². The number of rotatable bonds is 6. The van der Waals surface area contributed by atoms with E-state index >= 15 is 0 Å². The quantitative estimate of drug-likeness (QED) is 0.794. The van der Waals surface area contributed by atoms with Crippen molar-refractivity contribution in [1.29, 1.82) is 5.26 Å². The fraction of sp³-hybridized carbons (Fsp3) is 0.933. The molecule has 19 heavy (non-hydrogen) atoms. The second kappa shape index (κ2) is 7.84. The summed E-state index contributed by atoms with van der Waals surface area (Å²) in [4.78, 5) is 5.03. The zero-order chi connectivity index (χ0) is 14.3. The van der Waals surface area contributed by atoms with E-state index in [1.54, 1.807) is 0 Å². The number of nitrogens with zero attached hydrogens (tertiary/aromatic N) is 3. The number of hydrogen-bond donors (Lipinski definition) is 1. The third-order valence-electron chi connectivity index (χ3n) is 3.85. The molecule has 1 fully saturated rings. The van der Waals surface area contributed by atoms with E-state index in [0.29, 0.717) is 0 Å². The number of nitriles is 1. The van der Waals surface area contributed by atoms with Gasteiger partial charge in [0.1, 0.15) is 0 Å². The van der Waals surface area contributed by atoms with E-state index in [0.717, 1.165) is 52.1 Å². The Labute approximate surface area is 118 Å². The Morgan fingerprint density at radius 2 is 1.84 bits per heavy atom. The summed E-state index contributed by atoms with van der Waals surface area (Å²) in [7, 11) is 0. The predicted octanol–water partition coefficient (Wildman–Crippen LogP) is 1.68. The van der Waals surface area contributed by atoms with Crippen molar-refractivity contribution in [2.75, 3.05) is 39.3 Å². The fourth-order valence-electron chi connectivity index (χ4n) is 2.48. The Morgan fingerprint density at radius 3 is 2.32 bits per heavy atom. The number of piperazine rings is 1. The maximum absolute atomic E-state index is 9.09. The van der Waals surface area contributed by atoms with Crippen LogP contribution in [0, 0.1) is 11.3 Å². The van der Waals surface area contributed by atoms with Gasteiger partial charge in [-0.1, -0.05) is 6.92 Å². The Hall–Kier alpha value is -0.630. The van der Waals surface area contributed by atoms with Crippen molar-refractivity contribution in [3.05, 3.63) is 0 Å². The van der Waals surface area contributed by atoms with Crippen molar-refractivity contribution < 1.29 is 0 Å². The minimum absolute atomic E-state index is 0.0144. The molecule has 4 heteroatoms. The van der Waals surface area contributed by atoms with E-state index in [1.807, 2.05) is 0 Å². The van der Waals surface area contributed by atoms with Crippen LogP contribution in [0.1, 0.15) is 40.5 Å². The van der Waals surface area contributed by atoms with Crippen molar-refractivity contribution in [3.8, 4) is 6.07 Å². The zero-order valence-corrected chi connectivity index (χ0v) is 13.1. The van der Waals surface area contributed by atoms with Crippen LogP contribution < -0.4 is 5.32 Å². The summed E-state index contributed by atoms with van der Waals surface area (Å²) in [5, 5.41) is 12.4. The third kappa shape index (κ3) is 5.90. The highest BCUT2D eigenvalue weighted by Crippen LogP contribution is 2.15. The van der Waals surface area contributed by atoms with Crippen LogP contribution in [0.4, 0.5) is 0 Å². The molecule has 0 aromatic heterocycles. The molecule has 0 aromatic rings. The molecule has 110 valence electrons. The topological polar surface area (TPSA) is 42.3 Å². The molecular formula is C15H30N4. The summed E-state index contributed by atoms with van der Waals surface area (Å²) < 4.78 is 0. The fourth-order valence-corrected chi connectivity index (χ4v) is 2.48. The highest BCUT2D eigenvalue weighted by molar-refractivity contribution is 4.90. The molecule has 0 bridgehead atoms. The Morgan fingerprint density at radius 1 is 1.21 bits per heavy atom. The lowest BCUT2D eigenvalue weighted by molar-refractivity contribution is 0.0613. The van der Waals surface area contributed by atoms with Gasteiger partial charge in [-0.2, -0.15) is 5.26 Å². The van der Waals surface area contributed by atoms with E-state index in [1.165, 1.54) is 0 Å². The molecule has 1 heterocycles. The molecule has 0 aromatic carbocycles. The van der Waals surface area contributed by atoms with Crippen LogP contribution in [-0.2, 0) is 0 Å². The molecule has 1 aliphatic rings. The molecule has 1 N–H and O–H groups in total. The van der Waals surface area contributed by atoms with Crippen LogP contribution in [0.15, 0.2) is 0 Å². The molecule has 0 radical (unpaired) electrons. The van der Waals surface area contributed by atoms with Crippen molar-refractivity contribution in [1.82, 2.24) is 15.1 Å². The molecule has 1 rings (SSSR count). The maximum atomic E-state index is 9.09. The van der Waals surface area contributed by atoms with Crippen molar-refractivity contribution >= 4 is 0 Å². The van der Waals surface area contributed by atoms with Gasteiger partial charge >= 0.3 is 0 Å². The summed E-state index contributed by atoms with van der Waals surface area (Å²) >= 11 is 0. The Bertz CT molecular complexity index is 282. The first-order valence-electron chi connectivity index (χ1n) is 7.57. The van der Waals surface area contributed by atoms with Gasteiger partial charge in [-0.15, -0.1) is 0 Å². The molecule has 0 spiro atoms. The largest absolute Gasteiger partial charge is 0.302 e. The highest BCUT2D eigenvalue weighted by Gasteiger charge is 2.25. The van der Waals surface area contributed by atoms with E-state index in [9.17, 15) is 0 Å². The molecule has 0 saturated carbocycles. The van der Waals surface area contributed by atoms with Crippen molar-refractivity contribution in [2.24, 2.45) is 0 Å². The molecule has 1 unspecified atom stereocenters. The Balaban J connectivity index is 2.24. The lowest BCUT2D eigenvalue weighted by Crippen LogP contribution is -2.53. The second-order valence-corrected chi connectivity index (χ2v) is 6.42. The van der Waals surface area contributed by atoms with Crippen LogP contribution in [0.25, 0.3) is 0 Å². The van der Waals surface area contributed by atoms with Gasteiger partial charge in [0, 0.05) is 38.3 Å². The number of hydrogen-bond acceptors (Lipinski definition) is 4. The van der Waals surface area contributed by atoms with Crippen molar-refractivity contribution in [3.63, 3.8) is 0 Å². The van der Waals surface area contributed by atoms with Crippen LogP contribution in [-0.4, -0.2) is 60.6 Å². The Kier molecular flexibility index (Phi) is 6.78. The normalized spacial score (nSPS) is 20.2. The van der Waals surface area contributed by atoms with Crippen LogP contribution in [0.3, 0.4) is 0 Å². The summed E-state index contributed by atoms with van der Waals surface area (Å²) in [6.45, 7) is 15.5. The van der Waals surface area contributed by atoms with Gasteiger partial charge in [-0.05, 0) is 40.2 Å². The third-order valence-corrected chi connectivity index (χ3v) is 3.85. The smallest absolute Gasteiger partial charge is 0.0965 e. The summed E-state index contributed by atoms with van der Waals surface area (Å²) in [6, 6.07) is 2.38. The lowest BCUT2D eigenvalue weighted by Gasteiger charge is -2.42. The van der Waals surface area contributed by atoms with Gasteiger partial charge in [0.25, 0.3) is 0 Å². The molecule has 1 saturated heterocycles. The van der Waals surface area contributed by atoms with Crippen LogP contribution in [0.2, 0.25) is 0 Å². The first-order valence-corrected chi connectivity index (χ1v) is 7.57. The number of nitrogens with one attached hydrogen (secondary N) is 1. The van der Waals surface area contributed by atoms with Gasteiger partial charge in [-0.3, -0.25) is 4.90 Å². The highest BCUT2D eigenvalue weighted by atomic mass is 15.3. The SMILES string of the molecule is CCCNC(C#N)CCN1CCN(C(C)(C)C)CC1. The van der Waals surface area contributed by atoms with Crippen LogP contribution >= 0.6 is 0 Å². The minimum atomic E-state index is 0.0144. The van der Waals surface area contributed by atoms with Gasteiger partial charge in [-0.25, -0.2) is 0 Å². The van der Waals surface area contributed by atoms with Crippen LogP contribution in [0.5, 0.6) is 0 Å². The summed E-state index contributed by atoms with van der Waals surface area (Å²) in [6.07, 6.45) is 2.02. The zero-order valence-electron chi connectivity index (χ0n) is 13.1. The average molecular weight is 266 g/mol. The summed E-state index contributed by atoms with van der Waals surface area (Å²) in [5.74, 6) is 0. The van der Waals surface area contributed by atoms with Crippen molar-refractivity contribution in [2.45, 2.75) is 52.1 Å². The van der Waals surface area contributed by atoms with Gasteiger partial charge in [0.05, 0.1) is 12.1 Å². The first kappa shape index (κ1) is 16.4. The monoisotopic (exact) mass is 266 g/mol.